The number of nitrogens with zero attached hydrogens (tertiary/aromatic N) is 2. The highest BCUT2D eigenvalue weighted by Gasteiger charge is 2.35. The average molecular weight is 448 g/mol. The standard InChI is InChI=1S/C27H20N4O3/c1-16-10-12-17(13-11-16)24-23-22(21(15-28)25(29)34-26(23)31-30-24)19-8-5-9-20(14-19)33-27(32)18-6-3-2-4-7-18/h2-14,22H,29H2,1H3,(H,30,31)/t22-/m1/s1. The number of carbonyl (C=O) groups is 1. The lowest BCUT2D eigenvalue weighted by Gasteiger charge is -2.24. The first-order valence-corrected chi connectivity index (χ1v) is 10.6. The van der Waals surface area contributed by atoms with E-state index in [1.807, 2.05) is 43.3 Å². The molecule has 166 valence electrons. The summed E-state index contributed by atoms with van der Waals surface area (Å²) in [6.07, 6.45) is 0. The summed E-state index contributed by atoms with van der Waals surface area (Å²) in [4.78, 5) is 12.6. The van der Waals surface area contributed by atoms with E-state index >= 15 is 0 Å². The SMILES string of the molecule is Cc1ccc(-c2[nH]nc3c2[C@H](c2cccc(OC(=O)c4ccccc4)c2)C(C#N)=C(N)O3)cc1. The fourth-order valence-corrected chi connectivity index (χ4v) is 4.02. The van der Waals surface area contributed by atoms with Crippen LogP contribution in [0.2, 0.25) is 0 Å². The van der Waals surface area contributed by atoms with Gasteiger partial charge in [-0.05, 0) is 36.8 Å². The zero-order chi connectivity index (χ0) is 23.7. The van der Waals surface area contributed by atoms with Crippen LogP contribution in [-0.4, -0.2) is 16.2 Å². The number of rotatable bonds is 4. The molecule has 0 amide bonds. The van der Waals surface area contributed by atoms with E-state index in [-0.39, 0.29) is 11.5 Å². The van der Waals surface area contributed by atoms with Crippen molar-refractivity contribution in [2.24, 2.45) is 5.73 Å². The molecular formula is C27H20N4O3. The van der Waals surface area contributed by atoms with Crippen molar-refractivity contribution < 1.29 is 14.3 Å². The van der Waals surface area contributed by atoms with Crippen LogP contribution >= 0.6 is 0 Å². The Morgan fingerprint density at radius 3 is 2.59 bits per heavy atom. The van der Waals surface area contributed by atoms with Gasteiger partial charge in [-0.1, -0.05) is 60.2 Å². The van der Waals surface area contributed by atoms with Gasteiger partial charge in [0.15, 0.2) is 0 Å². The van der Waals surface area contributed by atoms with Crippen molar-refractivity contribution in [3.8, 4) is 29.0 Å². The molecule has 7 heteroatoms. The molecule has 3 N–H and O–H groups in total. The number of carbonyl (C=O) groups excluding carboxylic acids is 1. The van der Waals surface area contributed by atoms with Gasteiger partial charge in [0.2, 0.25) is 11.8 Å². The summed E-state index contributed by atoms with van der Waals surface area (Å²) in [7, 11) is 0. The summed E-state index contributed by atoms with van der Waals surface area (Å²) >= 11 is 0. The van der Waals surface area contributed by atoms with Gasteiger partial charge in [0.25, 0.3) is 0 Å². The first-order chi connectivity index (χ1) is 16.5. The minimum atomic E-state index is -0.556. The predicted molar refractivity (Wildman–Crippen MR) is 126 cm³/mol. The van der Waals surface area contributed by atoms with Gasteiger partial charge >= 0.3 is 5.97 Å². The largest absolute Gasteiger partial charge is 0.423 e. The number of fused-ring (bicyclic) bond motifs is 1. The monoisotopic (exact) mass is 448 g/mol. The number of benzene rings is 3. The lowest BCUT2D eigenvalue weighted by molar-refractivity contribution is 0.0734. The van der Waals surface area contributed by atoms with E-state index < -0.39 is 11.9 Å². The molecule has 0 spiro atoms. The van der Waals surface area contributed by atoms with Crippen LogP contribution in [-0.2, 0) is 0 Å². The lowest BCUT2D eigenvalue weighted by atomic mass is 9.83. The molecule has 3 aromatic carbocycles. The zero-order valence-electron chi connectivity index (χ0n) is 18.3. The first-order valence-electron chi connectivity index (χ1n) is 10.6. The van der Waals surface area contributed by atoms with Gasteiger partial charge in [-0.3, -0.25) is 5.10 Å². The highest BCUT2D eigenvalue weighted by Crippen LogP contribution is 2.46. The smallest absolute Gasteiger partial charge is 0.343 e. The maximum Gasteiger partial charge on any atom is 0.343 e. The minimum absolute atomic E-state index is 0.00589. The third-order valence-corrected chi connectivity index (χ3v) is 5.69. The molecule has 0 aliphatic carbocycles. The molecule has 0 fully saturated rings. The molecule has 1 aliphatic rings. The van der Waals surface area contributed by atoms with Gasteiger partial charge in [-0.15, -0.1) is 5.10 Å². The van der Waals surface area contributed by atoms with Gasteiger partial charge in [-0.25, -0.2) is 4.79 Å². The van der Waals surface area contributed by atoms with Gasteiger partial charge in [0.1, 0.15) is 17.4 Å². The van der Waals surface area contributed by atoms with Crippen LogP contribution in [0.25, 0.3) is 11.3 Å². The summed E-state index contributed by atoms with van der Waals surface area (Å²) in [5.74, 6) is -0.364. The van der Waals surface area contributed by atoms with Gasteiger partial charge < -0.3 is 15.2 Å². The normalized spacial score (nSPS) is 14.6. The Morgan fingerprint density at radius 1 is 1.09 bits per heavy atom. The van der Waals surface area contributed by atoms with Crippen LogP contribution in [0.3, 0.4) is 0 Å². The fourth-order valence-electron chi connectivity index (χ4n) is 4.02. The topological polar surface area (TPSA) is 114 Å². The fraction of sp³-hybridized carbons (Fsp3) is 0.0741. The summed E-state index contributed by atoms with van der Waals surface area (Å²) in [6.45, 7) is 2.01. The number of hydrogen-bond donors (Lipinski definition) is 2. The first kappa shape index (κ1) is 21.0. The van der Waals surface area contributed by atoms with Gasteiger partial charge in [-0.2, -0.15) is 5.26 Å². The van der Waals surface area contributed by atoms with Crippen molar-refractivity contribution in [1.29, 1.82) is 5.26 Å². The van der Waals surface area contributed by atoms with Crippen molar-refractivity contribution in [1.82, 2.24) is 10.2 Å². The molecule has 0 bridgehead atoms. The van der Waals surface area contributed by atoms with E-state index in [9.17, 15) is 10.1 Å². The number of nitrogens with two attached hydrogens (primary N) is 1. The molecule has 2 heterocycles. The highest BCUT2D eigenvalue weighted by atomic mass is 16.5. The maximum absolute atomic E-state index is 12.6. The summed E-state index contributed by atoms with van der Waals surface area (Å²) in [5.41, 5.74) is 11.0. The number of aryl methyl sites for hydroxylation is 1. The second kappa shape index (κ2) is 8.60. The quantitative estimate of drug-likeness (QED) is 0.342. The summed E-state index contributed by atoms with van der Waals surface area (Å²) in [6, 6.07) is 26.0. The molecular weight excluding hydrogens is 428 g/mol. The average Bonchev–Trinajstić information content (AvgIpc) is 3.27. The Kier molecular flexibility index (Phi) is 5.32. The van der Waals surface area contributed by atoms with E-state index in [0.29, 0.717) is 22.8 Å². The van der Waals surface area contributed by atoms with Crippen LogP contribution in [0.15, 0.2) is 90.3 Å². The van der Waals surface area contributed by atoms with E-state index in [1.54, 1.807) is 42.5 Å². The molecule has 4 aromatic rings. The van der Waals surface area contributed by atoms with Crippen molar-refractivity contribution in [3.05, 3.63) is 113 Å². The van der Waals surface area contributed by atoms with Crippen LogP contribution < -0.4 is 15.2 Å². The second-order valence-electron chi connectivity index (χ2n) is 7.94. The Balaban J connectivity index is 1.58. The van der Waals surface area contributed by atoms with E-state index in [1.165, 1.54) is 0 Å². The number of aromatic amines is 1. The molecule has 0 unspecified atom stereocenters. The third-order valence-electron chi connectivity index (χ3n) is 5.69. The lowest BCUT2D eigenvalue weighted by Crippen LogP contribution is -2.21. The number of nitrogens with one attached hydrogen (secondary N) is 1. The number of hydrogen-bond acceptors (Lipinski definition) is 6. The third kappa shape index (κ3) is 3.78. The highest BCUT2D eigenvalue weighted by molar-refractivity contribution is 5.91. The molecule has 0 saturated heterocycles. The summed E-state index contributed by atoms with van der Waals surface area (Å²) in [5, 5.41) is 17.3. The maximum atomic E-state index is 12.6. The van der Waals surface area contributed by atoms with Crippen LogP contribution in [0.4, 0.5) is 0 Å². The van der Waals surface area contributed by atoms with Crippen LogP contribution in [0.1, 0.15) is 33.0 Å². The molecule has 34 heavy (non-hydrogen) atoms. The summed E-state index contributed by atoms with van der Waals surface area (Å²) < 4.78 is 11.3. The zero-order valence-corrected chi connectivity index (χ0v) is 18.3. The predicted octanol–water partition coefficient (Wildman–Crippen LogP) is 4.82. The number of H-pyrrole nitrogens is 1. The number of aromatic nitrogens is 2. The Bertz CT molecular complexity index is 1450. The second-order valence-corrected chi connectivity index (χ2v) is 7.94. The molecule has 0 saturated carbocycles. The van der Waals surface area contributed by atoms with E-state index in [2.05, 4.69) is 16.3 Å². The molecule has 7 nitrogen and oxygen atoms in total. The van der Waals surface area contributed by atoms with Crippen LogP contribution in [0.5, 0.6) is 11.6 Å². The number of esters is 1. The number of nitriles is 1. The molecule has 1 atom stereocenters. The van der Waals surface area contributed by atoms with Crippen molar-refractivity contribution in [2.75, 3.05) is 0 Å². The van der Waals surface area contributed by atoms with E-state index in [0.717, 1.165) is 22.4 Å². The van der Waals surface area contributed by atoms with Crippen molar-refractivity contribution in [2.45, 2.75) is 12.8 Å². The Hall–Kier alpha value is -4.83. The Morgan fingerprint density at radius 2 is 1.85 bits per heavy atom. The number of allylic oxidation sites excluding steroid dienone is 1. The molecule has 1 aromatic heterocycles. The number of ether oxygens (including phenoxy) is 2. The van der Waals surface area contributed by atoms with Gasteiger partial charge in [0, 0.05) is 5.56 Å². The van der Waals surface area contributed by atoms with Crippen LogP contribution in [0, 0.1) is 18.3 Å². The van der Waals surface area contributed by atoms with Crippen molar-refractivity contribution in [3.63, 3.8) is 0 Å². The molecule has 1 aliphatic heterocycles. The molecule has 5 rings (SSSR count). The van der Waals surface area contributed by atoms with Crippen molar-refractivity contribution >= 4 is 5.97 Å². The molecule has 0 radical (unpaired) electrons. The van der Waals surface area contributed by atoms with E-state index in [4.69, 9.17) is 15.2 Å². The Labute approximate surface area is 196 Å². The minimum Gasteiger partial charge on any atom is -0.423 e. The van der Waals surface area contributed by atoms with Gasteiger partial charge in [0.05, 0.1) is 22.7 Å².